The Hall–Kier alpha value is -3.14. The minimum absolute atomic E-state index is 0.0778. The molecule has 0 amide bonds. The number of hydrogen-bond acceptors (Lipinski definition) is 3. The molecule has 0 aliphatic carbocycles. The number of carbonyl (C=O) groups is 1. The molecule has 2 aromatic carbocycles. The molecule has 0 saturated heterocycles. The predicted molar refractivity (Wildman–Crippen MR) is 108 cm³/mol. The van der Waals surface area contributed by atoms with Gasteiger partial charge in [-0.2, -0.15) is 0 Å². The van der Waals surface area contributed by atoms with Crippen LogP contribution >= 0.6 is 0 Å². The van der Waals surface area contributed by atoms with E-state index in [0.717, 1.165) is 29.5 Å². The van der Waals surface area contributed by atoms with Crippen molar-refractivity contribution in [2.45, 2.75) is 26.2 Å². The largest absolute Gasteiger partial charge is 0.496 e. The van der Waals surface area contributed by atoms with E-state index in [0.29, 0.717) is 16.9 Å². The van der Waals surface area contributed by atoms with Crippen LogP contribution in [0.15, 0.2) is 60.8 Å². The standard InChI is InChI=1S/C23H22N2O2/c1-3-4-8-16-11-12-20-18(13-16)21(27-2)14-22-24-19(15-25(20)22)23(26)17-9-6-5-7-10-17/h5-7,9-15H,3-4,8H2,1-2H3. The van der Waals surface area contributed by atoms with Crippen LogP contribution in [0.1, 0.15) is 41.4 Å². The average Bonchev–Trinajstić information content (AvgIpc) is 3.15. The number of methoxy groups -OCH3 is 1. The summed E-state index contributed by atoms with van der Waals surface area (Å²) in [6.45, 7) is 2.20. The molecule has 0 fully saturated rings. The molecule has 0 saturated carbocycles. The molecule has 27 heavy (non-hydrogen) atoms. The molecule has 4 aromatic rings. The lowest BCUT2D eigenvalue weighted by Gasteiger charge is -2.10. The number of aryl methyl sites for hydroxylation is 1. The van der Waals surface area contributed by atoms with Crippen LogP contribution in [-0.2, 0) is 6.42 Å². The number of nitrogens with zero attached hydrogens (tertiary/aromatic N) is 2. The van der Waals surface area contributed by atoms with Crippen molar-refractivity contribution in [1.82, 2.24) is 9.38 Å². The van der Waals surface area contributed by atoms with E-state index in [1.165, 1.54) is 12.0 Å². The Morgan fingerprint density at radius 1 is 1.11 bits per heavy atom. The van der Waals surface area contributed by atoms with Gasteiger partial charge in [-0.15, -0.1) is 0 Å². The van der Waals surface area contributed by atoms with Crippen molar-refractivity contribution < 1.29 is 9.53 Å². The summed E-state index contributed by atoms with van der Waals surface area (Å²) in [5.74, 6) is 0.700. The van der Waals surface area contributed by atoms with Crippen LogP contribution in [0.2, 0.25) is 0 Å². The lowest BCUT2D eigenvalue weighted by molar-refractivity contribution is 0.103. The van der Waals surface area contributed by atoms with Gasteiger partial charge in [-0.3, -0.25) is 9.20 Å². The van der Waals surface area contributed by atoms with Gasteiger partial charge in [0.2, 0.25) is 5.78 Å². The normalized spacial score (nSPS) is 11.2. The maximum absolute atomic E-state index is 12.8. The minimum atomic E-state index is -0.0778. The van der Waals surface area contributed by atoms with Crippen LogP contribution in [0.5, 0.6) is 5.75 Å². The average molecular weight is 358 g/mol. The van der Waals surface area contributed by atoms with E-state index < -0.39 is 0 Å². The van der Waals surface area contributed by atoms with E-state index in [-0.39, 0.29) is 5.78 Å². The Morgan fingerprint density at radius 2 is 1.93 bits per heavy atom. The monoisotopic (exact) mass is 358 g/mol. The smallest absolute Gasteiger partial charge is 0.212 e. The molecular weight excluding hydrogens is 336 g/mol. The molecule has 2 aromatic heterocycles. The SMILES string of the molecule is CCCCc1ccc2c(c1)c(OC)cc1nc(C(=O)c3ccccc3)cn12. The first-order valence-electron chi connectivity index (χ1n) is 9.29. The second-order valence-electron chi connectivity index (χ2n) is 6.72. The Balaban J connectivity index is 1.85. The van der Waals surface area contributed by atoms with E-state index in [9.17, 15) is 4.79 Å². The van der Waals surface area contributed by atoms with Crippen molar-refractivity contribution in [2.24, 2.45) is 0 Å². The number of hydrogen-bond donors (Lipinski definition) is 0. The molecule has 4 nitrogen and oxygen atoms in total. The van der Waals surface area contributed by atoms with Gasteiger partial charge < -0.3 is 4.74 Å². The zero-order valence-electron chi connectivity index (χ0n) is 15.6. The van der Waals surface area contributed by atoms with Gasteiger partial charge in [-0.05, 0) is 30.5 Å². The number of pyridine rings is 1. The van der Waals surface area contributed by atoms with Gasteiger partial charge in [-0.1, -0.05) is 49.7 Å². The summed E-state index contributed by atoms with van der Waals surface area (Å²) in [5.41, 5.74) is 4.07. The summed E-state index contributed by atoms with van der Waals surface area (Å²) in [5, 5.41) is 1.04. The highest BCUT2D eigenvalue weighted by Gasteiger charge is 2.16. The molecule has 0 bridgehead atoms. The molecule has 0 radical (unpaired) electrons. The number of rotatable bonds is 6. The maximum Gasteiger partial charge on any atom is 0.212 e. The fourth-order valence-corrected chi connectivity index (χ4v) is 3.43. The first-order chi connectivity index (χ1) is 13.2. The summed E-state index contributed by atoms with van der Waals surface area (Å²) in [6.07, 6.45) is 5.20. The third kappa shape index (κ3) is 3.19. The zero-order valence-corrected chi connectivity index (χ0v) is 15.6. The molecule has 4 heteroatoms. The van der Waals surface area contributed by atoms with Crippen molar-refractivity contribution in [1.29, 1.82) is 0 Å². The first kappa shape index (κ1) is 17.3. The molecule has 0 aliphatic heterocycles. The van der Waals surface area contributed by atoms with Gasteiger partial charge >= 0.3 is 0 Å². The van der Waals surface area contributed by atoms with Crippen LogP contribution < -0.4 is 4.74 Å². The van der Waals surface area contributed by atoms with Crippen molar-refractivity contribution in [3.05, 3.63) is 77.6 Å². The lowest BCUT2D eigenvalue weighted by Crippen LogP contribution is -2.00. The van der Waals surface area contributed by atoms with E-state index in [4.69, 9.17) is 4.74 Å². The second-order valence-corrected chi connectivity index (χ2v) is 6.72. The topological polar surface area (TPSA) is 43.6 Å². The predicted octanol–water partition coefficient (Wildman–Crippen LogP) is 5.07. The highest BCUT2D eigenvalue weighted by atomic mass is 16.5. The van der Waals surface area contributed by atoms with Gasteiger partial charge in [0.1, 0.15) is 17.1 Å². The van der Waals surface area contributed by atoms with Gasteiger partial charge in [0.15, 0.2) is 0 Å². The van der Waals surface area contributed by atoms with E-state index >= 15 is 0 Å². The summed E-state index contributed by atoms with van der Waals surface area (Å²) >= 11 is 0. The third-order valence-electron chi connectivity index (χ3n) is 4.89. The number of ketones is 1. The molecule has 0 N–H and O–H groups in total. The third-order valence-corrected chi connectivity index (χ3v) is 4.89. The van der Waals surface area contributed by atoms with Crippen molar-refractivity contribution >= 4 is 22.3 Å². The van der Waals surface area contributed by atoms with E-state index in [1.807, 2.05) is 47.0 Å². The number of carbonyl (C=O) groups excluding carboxylic acids is 1. The Morgan fingerprint density at radius 3 is 2.67 bits per heavy atom. The van der Waals surface area contributed by atoms with Crippen LogP contribution in [-0.4, -0.2) is 22.3 Å². The van der Waals surface area contributed by atoms with Crippen LogP contribution in [0.4, 0.5) is 0 Å². The fourth-order valence-electron chi connectivity index (χ4n) is 3.43. The first-order valence-corrected chi connectivity index (χ1v) is 9.29. The summed E-state index contributed by atoms with van der Waals surface area (Å²) in [6, 6.07) is 17.6. The highest BCUT2D eigenvalue weighted by molar-refractivity contribution is 6.08. The Bertz CT molecular complexity index is 1110. The molecule has 0 unspecified atom stereocenters. The Labute approximate surface area is 158 Å². The summed E-state index contributed by atoms with van der Waals surface area (Å²) < 4.78 is 7.58. The van der Waals surface area contributed by atoms with Gasteiger partial charge in [0.25, 0.3) is 0 Å². The molecular formula is C23H22N2O2. The van der Waals surface area contributed by atoms with E-state index in [2.05, 4.69) is 30.1 Å². The minimum Gasteiger partial charge on any atom is -0.496 e. The molecule has 2 heterocycles. The van der Waals surface area contributed by atoms with Crippen molar-refractivity contribution in [2.75, 3.05) is 7.11 Å². The lowest BCUT2D eigenvalue weighted by atomic mass is 10.0. The van der Waals surface area contributed by atoms with Crippen LogP contribution in [0.3, 0.4) is 0 Å². The van der Waals surface area contributed by atoms with Gasteiger partial charge in [0.05, 0.1) is 12.6 Å². The van der Waals surface area contributed by atoms with Crippen molar-refractivity contribution in [3.63, 3.8) is 0 Å². The van der Waals surface area contributed by atoms with Crippen molar-refractivity contribution in [3.8, 4) is 5.75 Å². The number of ether oxygens (including phenoxy) is 1. The molecule has 0 aliphatic rings. The van der Waals surface area contributed by atoms with Gasteiger partial charge in [0, 0.05) is 23.2 Å². The summed E-state index contributed by atoms with van der Waals surface area (Å²) in [4.78, 5) is 17.3. The number of benzene rings is 2. The maximum atomic E-state index is 12.8. The van der Waals surface area contributed by atoms with Crippen LogP contribution in [0, 0.1) is 0 Å². The quantitative estimate of drug-likeness (QED) is 0.452. The van der Waals surface area contributed by atoms with Crippen LogP contribution in [0.25, 0.3) is 16.6 Å². The molecule has 136 valence electrons. The second kappa shape index (κ2) is 7.23. The molecule has 0 spiro atoms. The molecule has 0 atom stereocenters. The Kier molecular flexibility index (Phi) is 4.63. The number of imidazole rings is 1. The highest BCUT2D eigenvalue weighted by Crippen LogP contribution is 2.29. The number of unbranched alkanes of at least 4 members (excludes halogenated alkanes) is 1. The van der Waals surface area contributed by atoms with Gasteiger partial charge in [-0.25, -0.2) is 4.98 Å². The summed E-state index contributed by atoms with van der Waals surface area (Å²) in [7, 11) is 1.67. The number of fused-ring (bicyclic) bond motifs is 3. The molecule has 4 rings (SSSR count). The van der Waals surface area contributed by atoms with E-state index in [1.54, 1.807) is 7.11 Å². The fraction of sp³-hybridized carbons (Fsp3) is 0.217. The number of aromatic nitrogens is 2. The zero-order chi connectivity index (χ0) is 18.8.